The van der Waals surface area contributed by atoms with E-state index in [0.717, 1.165) is 5.92 Å². The monoisotopic (exact) mass is 527 g/mol. The second-order valence-corrected chi connectivity index (χ2v) is 13.8. The van der Waals surface area contributed by atoms with E-state index in [9.17, 15) is 0 Å². The fraction of sp³-hybridized carbons (Fsp3) is 0.385. The molecule has 1 fully saturated rings. The molecule has 0 bridgehead atoms. The molecule has 206 valence electrons. The zero-order valence-corrected chi connectivity index (χ0v) is 25.6. The smallest absolute Gasteiger partial charge is 0.0451 e. The van der Waals surface area contributed by atoms with E-state index in [1.165, 1.54) is 88.0 Å². The van der Waals surface area contributed by atoms with Crippen LogP contribution in [0.1, 0.15) is 100 Å². The van der Waals surface area contributed by atoms with Crippen molar-refractivity contribution in [2.24, 2.45) is 0 Å². The highest BCUT2D eigenvalue weighted by molar-refractivity contribution is 5.86. The molecule has 0 aromatic heterocycles. The molecule has 4 aromatic carbocycles. The van der Waals surface area contributed by atoms with E-state index in [1.807, 2.05) is 0 Å². The van der Waals surface area contributed by atoms with Gasteiger partial charge in [0.2, 0.25) is 0 Å². The van der Waals surface area contributed by atoms with Crippen LogP contribution >= 0.6 is 0 Å². The van der Waals surface area contributed by atoms with Gasteiger partial charge in [-0.1, -0.05) is 93.8 Å². The Bertz CT molecular complexity index is 1540. The molecule has 1 nitrogen and oxygen atoms in total. The van der Waals surface area contributed by atoms with Gasteiger partial charge >= 0.3 is 0 Å². The van der Waals surface area contributed by atoms with Crippen molar-refractivity contribution < 1.29 is 0 Å². The van der Waals surface area contributed by atoms with Gasteiger partial charge in [0.15, 0.2) is 0 Å². The molecule has 6 rings (SSSR count). The molecule has 40 heavy (non-hydrogen) atoms. The van der Waals surface area contributed by atoms with Gasteiger partial charge in [-0.15, -0.1) is 0 Å². The number of rotatable bonds is 4. The van der Waals surface area contributed by atoms with Gasteiger partial charge in [0, 0.05) is 22.3 Å². The minimum atomic E-state index is -0.0944. The number of anilines is 2. The molecule has 0 heterocycles. The number of hydrogen-bond acceptors (Lipinski definition) is 1. The van der Waals surface area contributed by atoms with Gasteiger partial charge in [-0.2, -0.15) is 0 Å². The van der Waals surface area contributed by atoms with Gasteiger partial charge < -0.3 is 4.90 Å². The Hall–Kier alpha value is -3.32. The van der Waals surface area contributed by atoms with E-state index in [0.29, 0.717) is 0 Å². The third kappa shape index (κ3) is 4.58. The van der Waals surface area contributed by atoms with Gasteiger partial charge in [-0.25, -0.2) is 0 Å². The van der Waals surface area contributed by atoms with Crippen molar-refractivity contribution >= 4 is 11.4 Å². The Kier molecular flexibility index (Phi) is 6.68. The summed E-state index contributed by atoms with van der Waals surface area (Å²) < 4.78 is 0. The number of nitrogens with zero attached hydrogens (tertiary/aromatic N) is 1. The SMILES string of the molecule is Cc1ccc(-c2ccccc2)cc1N(c1cc2c(cc1C)-c1cc(C3CCCCC3)ccc1C2(C)C)C(C)(C)C. The molecular formula is C39H45N. The molecule has 4 aromatic rings. The van der Waals surface area contributed by atoms with Gasteiger partial charge in [0.05, 0.1) is 0 Å². The summed E-state index contributed by atoms with van der Waals surface area (Å²) in [5.74, 6) is 0.725. The number of fused-ring (bicyclic) bond motifs is 3. The summed E-state index contributed by atoms with van der Waals surface area (Å²) >= 11 is 0. The minimum Gasteiger partial charge on any atom is -0.336 e. The van der Waals surface area contributed by atoms with Crippen LogP contribution in [0.5, 0.6) is 0 Å². The predicted molar refractivity (Wildman–Crippen MR) is 173 cm³/mol. The highest BCUT2D eigenvalue weighted by atomic mass is 15.2. The van der Waals surface area contributed by atoms with Crippen molar-refractivity contribution in [3.05, 3.63) is 107 Å². The van der Waals surface area contributed by atoms with E-state index >= 15 is 0 Å². The third-order valence-electron chi connectivity index (χ3n) is 9.56. The van der Waals surface area contributed by atoms with Crippen LogP contribution < -0.4 is 4.90 Å². The molecule has 1 heteroatoms. The first-order valence-electron chi connectivity index (χ1n) is 15.3. The van der Waals surface area contributed by atoms with Crippen molar-refractivity contribution in [2.45, 2.75) is 97.4 Å². The third-order valence-corrected chi connectivity index (χ3v) is 9.56. The van der Waals surface area contributed by atoms with Gasteiger partial charge in [0.1, 0.15) is 0 Å². The van der Waals surface area contributed by atoms with Crippen molar-refractivity contribution in [3.63, 3.8) is 0 Å². The fourth-order valence-corrected chi connectivity index (χ4v) is 7.35. The normalized spacial score (nSPS) is 16.5. The molecule has 0 radical (unpaired) electrons. The summed E-state index contributed by atoms with van der Waals surface area (Å²) in [6.45, 7) is 16.4. The van der Waals surface area contributed by atoms with Crippen LogP contribution in [0.25, 0.3) is 22.3 Å². The van der Waals surface area contributed by atoms with Crippen molar-refractivity contribution in [1.29, 1.82) is 0 Å². The lowest BCUT2D eigenvalue weighted by Gasteiger charge is -2.40. The average molecular weight is 528 g/mol. The first-order chi connectivity index (χ1) is 19.1. The molecule has 1 saturated carbocycles. The van der Waals surface area contributed by atoms with E-state index in [4.69, 9.17) is 0 Å². The topological polar surface area (TPSA) is 3.24 Å². The first-order valence-corrected chi connectivity index (χ1v) is 15.3. The highest BCUT2D eigenvalue weighted by Crippen LogP contribution is 2.52. The summed E-state index contributed by atoms with van der Waals surface area (Å²) in [6, 6.07) is 30.1. The molecule has 0 saturated heterocycles. The molecule has 0 N–H and O–H groups in total. The van der Waals surface area contributed by atoms with Crippen LogP contribution in [-0.4, -0.2) is 5.54 Å². The second kappa shape index (κ2) is 9.95. The van der Waals surface area contributed by atoms with Crippen LogP contribution in [0.4, 0.5) is 11.4 Å². The quantitative estimate of drug-likeness (QED) is 0.255. The van der Waals surface area contributed by atoms with E-state index < -0.39 is 0 Å². The lowest BCUT2D eigenvalue weighted by Crippen LogP contribution is -2.38. The van der Waals surface area contributed by atoms with Gasteiger partial charge in [0.25, 0.3) is 0 Å². The van der Waals surface area contributed by atoms with E-state index in [1.54, 1.807) is 5.56 Å². The van der Waals surface area contributed by atoms with Crippen LogP contribution in [0.2, 0.25) is 0 Å². The lowest BCUT2D eigenvalue weighted by molar-refractivity contribution is 0.443. The fourth-order valence-electron chi connectivity index (χ4n) is 7.35. The predicted octanol–water partition coefficient (Wildman–Crippen LogP) is 11.3. The van der Waals surface area contributed by atoms with Crippen LogP contribution in [0.15, 0.2) is 78.9 Å². The molecule has 0 amide bonds. The lowest BCUT2D eigenvalue weighted by atomic mass is 9.80. The molecular weight excluding hydrogens is 482 g/mol. The zero-order chi connectivity index (χ0) is 28.2. The summed E-state index contributed by atoms with van der Waals surface area (Å²) in [4.78, 5) is 2.58. The first kappa shape index (κ1) is 26.9. The molecule has 0 aliphatic heterocycles. The molecule has 0 atom stereocenters. The zero-order valence-electron chi connectivity index (χ0n) is 25.6. The highest BCUT2D eigenvalue weighted by Gasteiger charge is 2.38. The Balaban J connectivity index is 1.49. The van der Waals surface area contributed by atoms with Gasteiger partial charge in [-0.05, 0) is 122 Å². The van der Waals surface area contributed by atoms with Crippen LogP contribution in [-0.2, 0) is 5.41 Å². The van der Waals surface area contributed by atoms with E-state index in [-0.39, 0.29) is 11.0 Å². The number of hydrogen-bond donors (Lipinski definition) is 0. The van der Waals surface area contributed by atoms with Crippen LogP contribution in [0.3, 0.4) is 0 Å². The molecule has 0 spiro atoms. The minimum absolute atomic E-state index is 0.0251. The maximum absolute atomic E-state index is 2.58. The number of benzene rings is 4. The van der Waals surface area contributed by atoms with Crippen molar-refractivity contribution in [1.82, 2.24) is 0 Å². The summed E-state index contributed by atoms with van der Waals surface area (Å²) in [5, 5.41) is 0. The molecule has 2 aliphatic rings. The number of aryl methyl sites for hydroxylation is 2. The average Bonchev–Trinajstić information content (AvgIpc) is 3.15. The Morgan fingerprint density at radius 1 is 0.650 bits per heavy atom. The maximum atomic E-state index is 2.58. The van der Waals surface area contributed by atoms with Crippen LogP contribution in [0, 0.1) is 13.8 Å². The maximum Gasteiger partial charge on any atom is 0.0451 e. The van der Waals surface area contributed by atoms with Gasteiger partial charge in [-0.3, -0.25) is 0 Å². The molecule has 0 unspecified atom stereocenters. The summed E-state index contributed by atoms with van der Waals surface area (Å²) in [5.41, 5.74) is 15.0. The second-order valence-electron chi connectivity index (χ2n) is 13.8. The Morgan fingerprint density at radius 3 is 2.02 bits per heavy atom. The standard InChI is InChI=1S/C39H45N/c1-26-18-19-31(29-16-12-9-13-17-29)24-36(26)40(38(3,4)5)37-25-35-32(22-27(37)2)33-23-30(28-14-10-8-11-15-28)20-21-34(33)39(35,6)7/h9,12-13,16-25,28H,8,10-11,14-15H2,1-7H3. The van der Waals surface area contributed by atoms with Crippen molar-refractivity contribution in [2.75, 3.05) is 4.90 Å². The summed E-state index contributed by atoms with van der Waals surface area (Å²) in [7, 11) is 0. The van der Waals surface area contributed by atoms with Crippen molar-refractivity contribution in [3.8, 4) is 22.3 Å². The largest absolute Gasteiger partial charge is 0.336 e. The Labute approximate surface area is 242 Å². The van der Waals surface area contributed by atoms with E-state index in [2.05, 4.69) is 132 Å². The Morgan fingerprint density at radius 2 is 1.32 bits per heavy atom. The summed E-state index contributed by atoms with van der Waals surface area (Å²) in [6.07, 6.45) is 6.83. The molecule has 2 aliphatic carbocycles.